The number of aryl methyl sites for hydroxylation is 1. The zero-order valence-electron chi connectivity index (χ0n) is 17.1. The number of carbonyl (C=O) groups excluding carboxylic acids is 1. The Labute approximate surface area is 172 Å². The fraction of sp³-hybridized carbons (Fsp3) is 0.391. The Morgan fingerprint density at radius 3 is 2.52 bits per heavy atom. The Hall–Kier alpha value is -2.86. The lowest BCUT2D eigenvalue weighted by atomic mass is 10.1. The van der Waals surface area contributed by atoms with Crippen LogP contribution in [0, 0.1) is 0 Å². The number of guanidine groups is 1. The number of anilines is 1. The van der Waals surface area contributed by atoms with Gasteiger partial charge in [-0.25, -0.2) is 4.99 Å². The average molecular weight is 396 g/mol. The highest BCUT2D eigenvalue weighted by Crippen LogP contribution is 2.16. The van der Waals surface area contributed by atoms with Crippen molar-refractivity contribution >= 4 is 17.6 Å². The van der Waals surface area contributed by atoms with Gasteiger partial charge in [-0.15, -0.1) is 0 Å². The summed E-state index contributed by atoms with van der Waals surface area (Å²) in [6.45, 7) is 5.94. The summed E-state index contributed by atoms with van der Waals surface area (Å²) in [7, 11) is 0. The van der Waals surface area contributed by atoms with Crippen LogP contribution in [0.1, 0.15) is 42.6 Å². The number of hydrogen-bond donors (Lipinski definition) is 2. The summed E-state index contributed by atoms with van der Waals surface area (Å²) in [5, 5.41) is 6.10. The van der Waals surface area contributed by atoms with E-state index in [2.05, 4.69) is 22.5 Å². The lowest BCUT2D eigenvalue weighted by Crippen LogP contribution is -2.36. The number of rotatable bonds is 7. The highest BCUT2D eigenvalue weighted by molar-refractivity contribution is 6.10. The second-order valence-corrected chi connectivity index (χ2v) is 6.91. The molecule has 0 spiro atoms. The van der Waals surface area contributed by atoms with Crippen LogP contribution in [0.2, 0.25) is 0 Å². The van der Waals surface area contributed by atoms with Crippen LogP contribution in [0.25, 0.3) is 0 Å². The number of hydrogen-bond acceptors (Lipinski definition) is 4. The molecule has 2 aromatic rings. The van der Waals surface area contributed by atoms with Crippen molar-refractivity contribution in [3.63, 3.8) is 0 Å². The van der Waals surface area contributed by atoms with Crippen LogP contribution in [0.4, 0.5) is 5.69 Å². The van der Waals surface area contributed by atoms with E-state index in [-0.39, 0.29) is 12.0 Å². The minimum Gasteiger partial charge on any atom is -0.494 e. The minimum atomic E-state index is -0.197. The lowest BCUT2D eigenvalue weighted by molar-refractivity contribution is 0.0975. The van der Waals surface area contributed by atoms with E-state index in [9.17, 15) is 4.79 Å². The van der Waals surface area contributed by atoms with E-state index in [0.29, 0.717) is 24.7 Å². The molecule has 2 aromatic carbocycles. The molecule has 29 heavy (non-hydrogen) atoms. The van der Waals surface area contributed by atoms with E-state index in [1.165, 1.54) is 5.56 Å². The Morgan fingerprint density at radius 1 is 1.14 bits per heavy atom. The molecule has 1 heterocycles. The summed E-state index contributed by atoms with van der Waals surface area (Å²) >= 11 is 0. The van der Waals surface area contributed by atoms with Gasteiger partial charge in [-0.2, -0.15) is 0 Å². The van der Waals surface area contributed by atoms with Gasteiger partial charge >= 0.3 is 0 Å². The molecule has 2 N–H and O–H groups in total. The van der Waals surface area contributed by atoms with E-state index in [1.54, 1.807) is 0 Å². The number of amides is 1. The SMILES string of the molecule is CCOc1ccc(NC(=NC[C@H]2CCCO2)NC(=O)c2ccc(CC)cc2)cc1. The Bertz CT molecular complexity index is 810. The van der Waals surface area contributed by atoms with Crippen molar-refractivity contribution in [3.05, 3.63) is 59.7 Å². The van der Waals surface area contributed by atoms with Crippen molar-refractivity contribution in [3.8, 4) is 5.75 Å². The number of carbonyl (C=O) groups is 1. The van der Waals surface area contributed by atoms with E-state index >= 15 is 0 Å². The first-order valence-corrected chi connectivity index (χ1v) is 10.2. The summed E-state index contributed by atoms with van der Waals surface area (Å²) in [5.41, 5.74) is 2.61. The van der Waals surface area contributed by atoms with Crippen LogP contribution in [0.5, 0.6) is 5.75 Å². The van der Waals surface area contributed by atoms with Crippen LogP contribution in [0.3, 0.4) is 0 Å². The molecule has 3 rings (SSSR count). The molecule has 1 aliphatic rings. The quantitative estimate of drug-likeness (QED) is 0.549. The number of ether oxygens (including phenoxy) is 2. The summed E-state index contributed by atoms with van der Waals surface area (Å²) in [6, 6.07) is 15.2. The van der Waals surface area contributed by atoms with Crippen LogP contribution in [-0.4, -0.2) is 37.7 Å². The van der Waals surface area contributed by atoms with Crippen molar-refractivity contribution in [2.24, 2.45) is 4.99 Å². The highest BCUT2D eigenvalue weighted by atomic mass is 16.5. The monoisotopic (exact) mass is 395 g/mol. The molecule has 154 valence electrons. The third-order valence-electron chi connectivity index (χ3n) is 4.76. The minimum absolute atomic E-state index is 0.105. The van der Waals surface area contributed by atoms with Gasteiger partial charge < -0.3 is 14.8 Å². The van der Waals surface area contributed by atoms with Crippen molar-refractivity contribution in [1.29, 1.82) is 0 Å². The van der Waals surface area contributed by atoms with Gasteiger partial charge in [0.15, 0.2) is 0 Å². The second kappa shape index (κ2) is 10.6. The first kappa shape index (κ1) is 20.9. The zero-order valence-corrected chi connectivity index (χ0v) is 17.1. The van der Waals surface area contributed by atoms with E-state index in [1.807, 2.05) is 55.5 Å². The van der Waals surface area contributed by atoms with Crippen LogP contribution >= 0.6 is 0 Å². The molecule has 1 amide bonds. The Balaban J connectivity index is 1.70. The predicted octanol–water partition coefficient (Wildman–Crippen LogP) is 4.02. The van der Waals surface area contributed by atoms with Gasteiger partial charge in [0, 0.05) is 17.9 Å². The Morgan fingerprint density at radius 2 is 1.90 bits per heavy atom. The number of nitrogens with zero attached hydrogens (tertiary/aromatic N) is 1. The summed E-state index contributed by atoms with van der Waals surface area (Å²) in [4.78, 5) is 17.3. The molecule has 0 aromatic heterocycles. The van der Waals surface area contributed by atoms with Gasteiger partial charge in [0.2, 0.25) is 5.96 Å². The zero-order chi connectivity index (χ0) is 20.5. The van der Waals surface area contributed by atoms with Crippen LogP contribution in [-0.2, 0) is 11.2 Å². The van der Waals surface area contributed by atoms with E-state index in [4.69, 9.17) is 9.47 Å². The van der Waals surface area contributed by atoms with Gasteiger partial charge in [0.05, 0.1) is 19.3 Å². The normalized spacial score (nSPS) is 16.5. The van der Waals surface area contributed by atoms with E-state index in [0.717, 1.165) is 37.3 Å². The first-order chi connectivity index (χ1) is 14.2. The van der Waals surface area contributed by atoms with Gasteiger partial charge in [-0.05, 0) is 68.1 Å². The maximum absolute atomic E-state index is 12.7. The van der Waals surface area contributed by atoms with Gasteiger partial charge in [0.1, 0.15) is 5.75 Å². The van der Waals surface area contributed by atoms with Crippen molar-refractivity contribution < 1.29 is 14.3 Å². The van der Waals surface area contributed by atoms with Crippen LogP contribution < -0.4 is 15.4 Å². The van der Waals surface area contributed by atoms with Gasteiger partial charge in [-0.3, -0.25) is 10.1 Å². The average Bonchev–Trinajstić information content (AvgIpc) is 3.27. The fourth-order valence-electron chi connectivity index (χ4n) is 3.10. The molecule has 0 radical (unpaired) electrons. The Kier molecular flexibility index (Phi) is 7.64. The molecular formula is C23H29N3O3. The number of nitrogens with one attached hydrogen (secondary N) is 2. The smallest absolute Gasteiger partial charge is 0.257 e. The molecule has 1 atom stereocenters. The molecule has 1 fully saturated rings. The predicted molar refractivity (Wildman–Crippen MR) is 116 cm³/mol. The fourth-order valence-corrected chi connectivity index (χ4v) is 3.10. The van der Waals surface area contributed by atoms with E-state index < -0.39 is 0 Å². The largest absolute Gasteiger partial charge is 0.494 e. The van der Waals surface area contributed by atoms with Crippen LogP contribution in [0.15, 0.2) is 53.5 Å². The maximum Gasteiger partial charge on any atom is 0.257 e. The third-order valence-corrected chi connectivity index (χ3v) is 4.76. The molecule has 0 saturated carbocycles. The standard InChI is InChI=1S/C23H29N3O3/c1-3-17-7-9-18(10-8-17)22(27)26-23(24-16-21-6-5-15-29-21)25-19-11-13-20(14-12-19)28-4-2/h7-14,21H,3-6,15-16H2,1-2H3,(H2,24,25,26,27)/t21-/m1/s1. The van der Waals surface area contributed by atoms with Crippen molar-refractivity contribution in [2.45, 2.75) is 39.2 Å². The molecule has 6 nitrogen and oxygen atoms in total. The topological polar surface area (TPSA) is 71.9 Å². The third kappa shape index (κ3) is 6.32. The molecule has 0 unspecified atom stereocenters. The summed E-state index contributed by atoms with van der Waals surface area (Å²) in [5.74, 6) is 1.02. The van der Waals surface area contributed by atoms with Gasteiger partial charge in [0.25, 0.3) is 5.91 Å². The summed E-state index contributed by atoms with van der Waals surface area (Å²) < 4.78 is 11.1. The van der Waals surface area contributed by atoms with Crippen molar-refractivity contribution in [2.75, 3.05) is 25.1 Å². The molecule has 0 aliphatic carbocycles. The first-order valence-electron chi connectivity index (χ1n) is 10.2. The van der Waals surface area contributed by atoms with Gasteiger partial charge in [-0.1, -0.05) is 19.1 Å². The molecular weight excluding hydrogens is 366 g/mol. The van der Waals surface area contributed by atoms with Crippen molar-refractivity contribution in [1.82, 2.24) is 5.32 Å². The molecule has 0 bridgehead atoms. The molecule has 1 saturated heterocycles. The summed E-state index contributed by atoms with van der Waals surface area (Å²) in [6.07, 6.45) is 3.09. The lowest BCUT2D eigenvalue weighted by Gasteiger charge is -2.14. The highest BCUT2D eigenvalue weighted by Gasteiger charge is 2.16. The number of aliphatic imine (C=N–C) groups is 1. The number of benzene rings is 2. The second-order valence-electron chi connectivity index (χ2n) is 6.91. The molecule has 6 heteroatoms. The molecule has 1 aliphatic heterocycles. The maximum atomic E-state index is 12.7.